The fourth-order valence-electron chi connectivity index (χ4n) is 2.97. The maximum absolute atomic E-state index is 13.0. The minimum Gasteiger partial charge on any atom is -0.504 e. The minimum atomic E-state index is -0.515. The fraction of sp³-hybridized carbons (Fsp3) is 0.120. The van der Waals surface area contributed by atoms with Crippen LogP contribution < -0.4 is 15.4 Å². The molecule has 0 aliphatic heterocycles. The van der Waals surface area contributed by atoms with Gasteiger partial charge in [0.05, 0.1) is 7.11 Å². The van der Waals surface area contributed by atoms with Crippen LogP contribution in [0.3, 0.4) is 0 Å². The van der Waals surface area contributed by atoms with Crippen molar-refractivity contribution in [2.24, 2.45) is 0 Å². The van der Waals surface area contributed by atoms with E-state index < -0.39 is 11.8 Å². The maximum Gasteiger partial charge on any atom is 0.257 e. The molecule has 3 N–H and O–H groups in total. The van der Waals surface area contributed by atoms with Gasteiger partial charge in [-0.1, -0.05) is 76.6 Å². The van der Waals surface area contributed by atoms with E-state index in [4.69, 9.17) is 4.74 Å². The van der Waals surface area contributed by atoms with Gasteiger partial charge in [0, 0.05) is 17.6 Å². The molecule has 3 aromatic carbocycles. The van der Waals surface area contributed by atoms with E-state index in [-0.39, 0.29) is 30.2 Å². The Hall–Kier alpha value is -3.58. The van der Waals surface area contributed by atoms with E-state index in [0.717, 1.165) is 11.1 Å². The number of aromatic hydroxyl groups is 1. The maximum atomic E-state index is 13.0. The predicted octanol–water partition coefficient (Wildman–Crippen LogP) is 4.18. The summed E-state index contributed by atoms with van der Waals surface area (Å²) in [6, 6.07) is 21.9. The Balaban J connectivity index is 1.86. The molecule has 3 rings (SSSR count). The predicted molar refractivity (Wildman–Crippen MR) is 127 cm³/mol. The number of phenolic OH excluding ortho intramolecular Hbond substituents is 1. The Kier molecular flexibility index (Phi) is 8.05. The number of amides is 2. The van der Waals surface area contributed by atoms with Crippen LogP contribution in [-0.2, 0) is 22.7 Å². The number of carbonyl (C=O) groups excluding carboxylic acids is 2. The second-order valence-electron chi connectivity index (χ2n) is 6.94. The topological polar surface area (TPSA) is 87.7 Å². The Labute approximate surface area is 195 Å². The fourth-order valence-corrected chi connectivity index (χ4v) is 3.42. The lowest BCUT2D eigenvalue weighted by Crippen LogP contribution is -2.34. The van der Waals surface area contributed by atoms with E-state index in [1.165, 1.54) is 19.3 Å². The van der Waals surface area contributed by atoms with E-state index in [9.17, 15) is 14.7 Å². The van der Waals surface area contributed by atoms with Crippen LogP contribution in [0, 0.1) is 0 Å². The van der Waals surface area contributed by atoms with Crippen LogP contribution in [0.15, 0.2) is 82.8 Å². The quantitative estimate of drug-likeness (QED) is 0.249. The lowest BCUT2D eigenvalue weighted by molar-refractivity contribution is -0.123. The molecule has 0 aromatic heterocycles. The third kappa shape index (κ3) is 6.21. The second-order valence-corrected chi connectivity index (χ2v) is 7.79. The van der Waals surface area contributed by atoms with E-state index in [1.807, 2.05) is 60.7 Å². The van der Waals surface area contributed by atoms with Crippen molar-refractivity contribution in [3.63, 3.8) is 0 Å². The number of halogens is 1. The van der Waals surface area contributed by atoms with E-state index in [0.29, 0.717) is 10.0 Å². The Morgan fingerprint density at radius 1 is 0.906 bits per heavy atom. The summed E-state index contributed by atoms with van der Waals surface area (Å²) in [6.07, 6.45) is 1.46. The first-order chi connectivity index (χ1) is 15.5. The van der Waals surface area contributed by atoms with Gasteiger partial charge in [0.25, 0.3) is 11.8 Å². The highest BCUT2D eigenvalue weighted by Gasteiger charge is 2.19. The Bertz CT molecular complexity index is 1060. The zero-order valence-electron chi connectivity index (χ0n) is 17.5. The minimum absolute atomic E-state index is 0.0554. The van der Waals surface area contributed by atoms with Crippen molar-refractivity contribution in [3.8, 4) is 11.5 Å². The number of hydrogen-bond acceptors (Lipinski definition) is 4. The number of rotatable bonds is 8. The summed E-state index contributed by atoms with van der Waals surface area (Å²) in [5, 5.41) is 15.5. The monoisotopic (exact) mass is 494 g/mol. The van der Waals surface area contributed by atoms with E-state index in [1.54, 1.807) is 6.07 Å². The first kappa shape index (κ1) is 23.1. The van der Waals surface area contributed by atoms with E-state index >= 15 is 0 Å². The highest BCUT2D eigenvalue weighted by atomic mass is 79.9. The average molecular weight is 495 g/mol. The molecule has 0 atom stereocenters. The van der Waals surface area contributed by atoms with Crippen LogP contribution >= 0.6 is 15.9 Å². The Morgan fingerprint density at radius 2 is 1.41 bits per heavy atom. The number of benzene rings is 3. The van der Waals surface area contributed by atoms with Gasteiger partial charge in [0.2, 0.25) is 0 Å². The number of ether oxygens (including phenoxy) is 1. The highest BCUT2D eigenvalue weighted by molar-refractivity contribution is 9.10. The van der Waals surface area contributed by atoms with Crippen LogP contribution in [0.2, 0.25) is 0 Å². The van der Waals surface area contributed by atoms with Crippen LogP contribution in [0.5, 0.6) is 11.5 Å². The lowest BCUT2D eigenvalue weighted by atomic mass is 10.1. The molecule has 2 amide bonds. The molecule has 0 aliphatic rings. The third-order valence-corrected chi connectivity index (χ3v) is 5.37. The molecule has 7 heteroatoms. The molecule has 6 nitrogen and oxygen atoms in total. The summed E-state index contributed by atoms with van der Waals surface area (Å²) in [5.41, 5.74) is 2.28. The molecule has 164 valence electrons. The normalized spacial score (nSPS) is 10.2. The van der Waals surface area contributed by atoms with Gasteiger partial charge in [0.15, 0.2) is 11.5 Å². The highest BCUT2D eigenvalue weighted by Crippen LogP contribution is 2.33. The lowest BCUT2D eigenvalue weighted by Gasteiger charge is -2.12. The second kappa shape index (κ2) is 11.2. The summed E-state index contributed by atoms with van der Waals surface area (Å²) in [5.74, 6) is -0.856. The smallest absolute Gasteiger partial charge is 0.257 e. The van der Waals surface area contributed by atoms with E-state index in [2.05, 4.69) is 26.6 Å². The first-order valence-corrected chi connectivity index (χ1v) is 10.7. The van der Waals surface area contributed by atoms with Gasteiger partial charge in [-0.3, -0.25) is 9.59 Å². The molecule has 0 bridgehead atoms. The number of nitrogens with one attached hydrogen (secondary N) is 2. The molecule has 0 unspecified atom stereocenters. The standard InChI is InChI=1S/C25H23BrN2O4/c1-32-23-13-19(21(26)14-22(23)29)12-20(24(30)27-15-17-8-4-2-5-9-17)25(31)28-16-18-10-6-3-7-11-18/h2-14,29H,15-16H2,1H3,(H,27,30)(H,28,31). The van der Waals surface area contributed by atoms with Crippen LogP contribution in [0.4, 0.5) is 0 Å². The van der Waals surface area contributed by atoms with Crippen molar-refractivity contribution < 1.29 is 19.4 Å². The van der Waals surface area contributed by atoms with Crippen molar-refractivity contribution >= 4 is 33.8 Å². The van der Waals surface area contributed by atoms with Gasteiger partial charge in [-0.25, -0.2) is 0 Å². The summed E-state index contributed by atoms with van der Waals surface area (Å²) < 4.78 is 5.67. The van der Waals surface area contributed by atoms with Crippen molar-refractivity contribution in [2.45, 2.75) is 13.1 Å². The van der Waals surface area contributed by atoms with Crippen molar-refractivity contribution in [1.29, 1.82) is 0 Å². The largest absolute Gasteiger partial charge is 0.504 e. The van der Waals surface area contributed by atoms with Crippen molar-refractivity contribution in [2.75, 3.05) is 7.11 Å². The number of phenols is 1. The molecule has 0 saturated carbocycles. The van der Waals surface area contributed by atoms with Crippen LogP contribution in [0.1, 0.15) is 16.7 Å². The summed E-state index contributed by atoms with van der Waals surface area (Å²) in [7, 11) is 1.43. The molecule has 32 heavy (non-hydrogen) atoms. The molecule has 0 spiro atoms. The van der Waals surface area contributed by atoms with Gasteiger partial charge in [0.1, 0.15) is 5.57 Å². The zero-order valence-corrected chi connectivity index (χ0v) is 19.1. The molecule has 0 saturated heterocycles. The summed E-state index contributed by atoms with van der Waals surface area (Å²) in [6.45, 7) is 0.562. The molecular formula is C25H23BrN2O4. The first-order valence-electron chi connectivity index (χ1n) is 9.90. The average Bonchev–Trinajstić information content (AvgIpc) is 2.82. The van der Waals surface area contributed by atoms with Crippen molar-refractivity contribution in [3.05, 3.63) is 99.5 Å². The number of hydrogen-bond donors (Lipinski definition) is 3. The molecule has 0 radical (unpaired) electrons. The van der Waals surface area contributed by atoms with Crippen molar-refractivity contribution in [1.82, 2.24) is 10.6 Å². The number of methoxy groups -OCH3 is 1. The van der Waals surface area contributed by atoms with Gasteiger partial charge in [-0.15, -0.1) is 0 Å². The molecular weight excluding hydrogens is 472 g/mol. The van der Waals surface area contributed by atoms with Gasteiger partial charge in [-0.05, 0) is 34.9 Å². The zero-order chi connectivity index (χ0) is 22.9. The van der Waals surface area contributed by atoms with Crippen LogP contribution in [-0.4, -0.2) is 24.0 Å². The SMILES string of the molecule is COc1cc(C=C(C(=O)NCc2ccccc2)C(=O)NCc2ccccc2)c(Br)cc1O. The molecule has 0 aliphatic carbocycles. The molecule has 0 heterocycles. The summed E-state index contributed by atoms with van der Waals surface area (Å²) in [4.78, 5) is 25.9. The summed E-state index contributed by atoms with van der Waals surface area (Å²) >= 11 is 3.37. The van der Waals surface area contributed by atoms with Gasteiger partial charge >= 0.3 is 0 Å². The molecule has 0 fully saturated rings. The van der Waals surface area contributed by atoms with Gasteiger partial charge < -0.3 is 20.5 Å². The van der Waals surface area contributed by atoms with Crippen LogP contribution in [0.25, 0.3) is 6.08 Å². The molecule has 3 aromatic rings. The number of carbonyl (C=O) groups is 2. The third-order valence-electron chi connectivity index (χ3n) is 4.68. The Morgan fingerprint density at radius 3 is 1.88 bits per heavy atom. The van der Waals surface area contributed by atoms with Gasteiger partial charge in [-0.2, -0.15) is 0 Å².